The highest BCUT2D eigenvalue weighted by Gasteiger charge is 2.16. The van der Waals surface area contributed by atoms with Gasteiger partial charge in [-0.2, -0.15) is 0 Å². The Bertz CT molecular complexity index is 998. The molecule has 162 valence electrons. The molecule has 0 heterocycles. The minimum atomic E-state index is -4.10. The number of rotatable bonds is 10. The van der Waals surface area contributed by atoms with E-state index < -0.39 is 38.4 Å². The number of carbonyl (C=O) groups is 2. The first-order valence-electron chi connectivity index (χ1n) is 8.82. The molecule has 11 heteroatoms. The van der Waals surface area contributed by atoms with Gasteiger partial charge < -0.3 is 15.4 Å². The van der Waals surface area contributed by atoms with Gasteiger partial charge in [0.25, 0.3) is 0 Å². The van der Waals surface area contributed by atoms with Crippen molar-refractivity contribution in [3.63, 3.8) is 0 Å². The van der Waals surface area contributed by atoms with E-state index in [-0.39, 0.29) is 26.1 Å². The third kappa shape index (κ3) is 7.08. The maximum Gasteiger partial charge on any atom is 0.240 e. The molecule has 0 aliphatic heterocycles. The monoisotopic (exact) mass is 441 g/mol. The van der Waals surface area contributed by atoms with Crippen LogP contribution in [0.25, 0.3) is 0 Å². The zero-order chi connectivity index (χ0) is 22.1. The number of carbonyl (C=O) groups excluding carboxylic acids is 2. The predicted octanol–water partition coefficient (Wildman–Crippen LogP) is 1.07. The molecule has 0 radical (unpaired) electrons. The number of nitrogens with one attached hydrogen (secondary N) is 3. The molecule has 0 aliphatic rings. The molecule has 0 spiro atoms. The van der Waals surface area contributed by atoms with Crippen molar-refractivity contribution in [1.29, 1.82) is 0 Å². The second-order valence-electron chi connectivity index (χ2n) is 6.13. The summed E-state index contributed by atoms with van der Waals surface area (Å²) >= 11 is 0. The summed E-state index contributed by atoms with van der Waals surface area (Å²) in [6.45, 7) is -0.279. The second kappa shape index (κ2) is 10.6. The van der Waals surface area contributed by atoms with Crippen LogP contribution in [-0.4, -0.2) is 40.4 Å². The number of ether oxygens (including phenoxy) is 1. The van der Waals surface area contributed by atoms with Crippen LogP contribution < -0.4 is 20.1 Å². The van der Waals surface area contributed by atoms with Gasteiger partial charge in [-0.15, -0.1) is 0 Å². The van der Waals surface area contributed by atoms with Gasteiger partial charge in [0, 0.05) is 19.5 Å². The molecule has 0 aliphatic carbocycles. The molecule has 2 rings (SSSR count). The van der Waals surface area contributed by atoms with Crippen LogP contribution in [0.4, 0.5) is 8.78 Å². The fourth-order valence-electron chi connectivity index (χ4n) is 2.30. The van der Waals surface area contributed by atoms with E-state index in [9.17, 15) is 26.8 Å². The summed E-state index contributed by atoms with van der Waals surface area (Å²) in [5, 5.41) is 5.00. The van der Waals surface area contributed by atoms with Gasteiger partial charge in [-0.25, -0.2) is 21.9 Å². The molecule has 0 saturated heterocycles. The number of halogens is 2. The van der Waals surface area contributed by atoms with Crippen LogP contribution >= 0.6 is 0 Å². The lowest BCUT2D eigenvalue weighted by atomic mass is 10.2. The van der Waals surface area contributed by atoms with Gasteiger partial charge in [0.1, 0.15) is 5.75 Å². The number of benzene rings is 2. The molecule has 8 nitrogen and oxygen atoms in total. The number of amides is 2. The van der Waals surface area contributed by atoms with Crippen LogP contribution in [0.2, 0.25) is 0 Å². The van der Waals surface area contributed by atoms with Crippen molar-refractivity contribution in [2.24, 2.45) is 0 Å². The standard InChI is InChI=1S/C19H21F2N3O5S/c1-29-14-4-2-13(3-5-14)11-22-19(26)12-23-18(25)8-9-24-30(27,28)15-6-7-16(20)17(21)10-15/h2-7,10,24H,8-9,11-12H2,1H3,(H,22,26)(H,23,25). The molecule has 0 fully saturated rings. The van der Waals surface area contributed by atoms with Crippen LogP contribution in [0.1, 0.15) is 12.0 Å². The Labute approximate surface area is 172 Å². The quantitative estimate of drug-likeness (QED) is 0.511. The average molecular weight is 441 g/mol. The normalized spacial score (nSPS) is 11.0. The van der Waals surface area contributed by atoms with Crippen molar-refractivity contribution in [2.75, 3.05) is 20.2 Å². The molecule has 2 aromatic carbocycles. The Morgan fingerprint density at radius 3 is 2.30 bits per heavy atom. The number of sulfonamides is 1. The summed E-state index contributed by atoms with van der Waals surface area (Å²) in [5.74, 6) is -2.74. The summed E-state index contributed by atoms with van der Waals surface area (Å²) in [4.78, 5) is 23.1. The van der Waals surface area contributed by atoms with Crippen molar-refractivity contribution in [2.45, 2.75) is 17.9 Å². The van der Waals surface area contributed by atoms with Crippen LogP contribution in [0.3, 0.4) is 0 Å². The number of methoxy groups -OCH3 is 1. The fraction of sp³-hybridized carbons (Fsp3) is 0.263. The summed E-state index contributed by atoms with van der Waals surface area (Å²) < 4.78 is 57.2. The molecule has 2 amide bonds. The highest BCUT2D eigenvalue weighted by Crippen LogP contribution is 2.13. The predicted molar refractivity (Wildman–Crippen MR) is 104 cm³/mol. The Kier molecular flexibility index (Phi) is 8.25. The fourth-order valence-corrected chi connectivity index (χ4v) is 3.34. The molecule has 0 saturated carbocycles. The largest absolute Gasteiger partial charge is 0.497 e. The minimum absolute atomic E-state index is 0.241. The van der Waals surface area contributed by atoms with Gasteiger partial charge >= 0.3 is 0 Å². The molecule has 0 unspecified atom stereocenters. The van der Waals surface area contributed by atoms with Crippen LogP contribution in [0.5, 0.6) is 5.75 Å². The molecule has 30 heavy (non-hydrogen) atoms. The van der Waals surface area contributed by atoms with Crippen LogP contribution in [0.15, 0.2) is 47.4 Å². The van der Waals surface area contributed by atoms with E-state index >= 15 is 0 Å². The summed E-state index contributed by atoms with van der Waals surface area (Å²) in [5.41, 5.74) is 0.849. The highest BCUT2D eigenvalue weighted by molar-refractivity contribution is 7.89. The molecule has 0 bridgehead atoms. The Hall–Kier alpha value is -3.05. The Morgan fingerprint density at radius 1 is 0.967 bits per heavy atom. The van der Waals surface area contributed by atoms with Crippen molar-refractivity contribution < 1.29 is 31.5 Å². The lowest BCUT2D eigenvalue weighted by Gasteiger charge is -2.09. The van der Waals surface area contributed by atoms with Gasteiger partial charge in [0.05, 0.1) is 18.6 Å². The summed E-state index contributed by atoms with van der Waals surface area (Å²) in [6.07, 6.45) is -0.241. The summed E-state index contributed by atoms with van der Waals surface area (Å²) in [7, 11) is -2.55. The van der Waals surface area contributed by atoms with E-state index in [0.29, 0.717) is 17.9 Å². The van der Waals surface area contributed by atoms with Gasteiger partial charge in [-0.1, -0.05) is 12.1 Å². The van der Waals surface area contributed by atoms with Crippen molar-refractivity contribution >= 4 is 21.8 Å². The van der Waals surface area contributed by atoms with E-state index in [0.717, 1.165) is 11.6 Å². The molecule has 0 aromatic heterocycles. The van der Waals surface area contributed by atoms with Gasteiger partial charge in [0.15, 0.2) is 11.6 Å². The zero-order valence-electron chi connectivity index (χ0n) is 16.1. The molecule has 2 aromatic rings. The first-order valence-corrected chi connectivity index (χ1v) is 10.3. The smallest absolute Gasteiger partial charge is 0.240 e. The third-order valence-corrected chi connectivity index (χ3v) is 5.40. The lowest BCUT2D eigenvalue weighted by Crippen LogP contribution is -2.38. The highest BCUT2D eigenvalue weighted by atomic mass is 32.2. The van der Waals surface area contributed by atoms with Gasteiger partial charge in [-0.3, -0.25) is 9.59 Å². The van der Waals surface area contributed by atoms with E-state index in [1.165, 1.54) is 0 Å². The number of hydrogen-bond acceptors (Lipinski definition) is 5. The van der Waals surface area contributed by atoms with Gasteiger partial charge in [0.2, 0.25) is 21.8 Å². The second-order valence-corrected chi connectivity index (χ2v) is 7.89. The summed E-state index contributed by atoms with van der Waals surface area (Å²) in [6, 6.07) is 9.24. The topological polar surface area (TPSA) is 114 Å². The SMILES string of the molecule is COc1ccc(CNC(=O)CNC(=O)CCNS(=O)(=O)c2ccc(F)c(F)c2)cc1. The third-order valence-electron chi connectivity index (χ3n) is 3.94. The van der Waals surface area contributed by atoms with Crippen molar-refractivity contribution in [3.8, 4) is 5.75 Å². The van der Waals surface area contributed by atoms with E-state index in [1.807, 2.05) is 0 Å². The molecule has 3 N–H and O–H groups in total. The van der Waals surface area contributed by atoms with Crippen molar-refractivity contribution in [1.82, 2.24) is 15.4 Å². The minimum Gasteiger partial charge on any atom is -0.497 e. The zero-order valence-corrected chi connectivity index (χ0v) is 16.9. The van der Waals surface area contributed by atoms with Crippen molar-refractivity contribution in [3.05, 3.63) is 59.7 Å². The lowest BCUT2D eigenvalue weighted by molar-refractivity contribution is -0.126. The Balaban J connectivity index is 1.69. The maximum absolute atomic E-state index is 13.2. The van der Waals surface area contributed by atoms with E-state index in [1.54, 1.807) is 31.4 Å². The van der Waals surface area contributed by atoms with E-state index in [2.05, 4.69) is 15.4 Å². The Morgan fingerprint density at radius 2 is 1.67 bits per heavy atom. The van der Waals surface area contributed by atoms with Crippen LogP contribution in [-0.2, 0) is 26.2 Å². The number of hydrogen-bond donors (Lipinski definition) is 3. The molecular formula is C19H21F2N3O5S. The molecular weight excluding hydrogens is 420 g/mol. The maximum atomic E-state index is 13.2. The molecule has 0 atom stereocenters. The first kappa shape index (κ1) is 23.2. The first-order chi connectivity index (χ1) is 14.2. The van der Waals surface area contributed by atoms with Crippen LogP contribution in [0, 0.1) is 11.6 Å². The van der Waals surface area contributed by atoms with Gasteiger partial charge in [-0.05, 0) is 35.9 Å². The van der Waals surface area contributed by atoms with E-state index in [4.69, 9.17) is 4.74 Å². The average Bonchev–Trinajstić information content (AvgIpc) is 2.72.